The fraction of sp³-hybridized carbons (Fsp3) is 0.500. The highest BCUT2D eigenvalue weighted by Gasteiger charge is 2.28. The van der Waals surface area contributed by atoms with E-state index in [0.717, 1.165) is 6.42 Å². The fourth-order valence-electron chi connectivity index (χ4n) is 4.62. The van der Waals surface area contributed by atoms with Gasteiger partial charge in [-0.3, -0.25) is 9.80 Å². The Morgan fingerprint density at radius 2 is 1.08 bits per heavy atom. The molecule has 0 amide bonds. The van der Waals surface area contributed by atoms with Crippen molar-refractivity contribution in [3.8, 4) is 0 Å². The third-order valence-electron chi connectivity index (χ3n) is 6.00. The van der Waals surface area contributed by atoms with E-state index in [1.807, 2.05) is 0 Å². The Labute approximate surface area is 158 Å². The van der Waals surface area contributed by atoms with Crippen molar-refractivity contribution in [2.24, 2.45) is 0 Å². The lowest BCUT2D eigenvalue weighted by atomic mass is 9.99. The summed E-state index contributed by atoms with van der Waals surface area (Å²) in [6.45, 7) is 5.03. The van der Waals surface area contributed by atoms with Gasteiger partial charge in [0, 0.05) is 0 Å². The first kappa shape index (κ1) is 17.8. The second-order valence-corrected chi connectivity index (χ2v) is 7.97. The van der Waals surface area contributed by atoms with Crippen LogP contribution in [0.5, 0.6) is 0 Å². The van der Waals surface area contributed by atoms with E-state index in [4.69, 9.17) is 0 Å². The van der Waals surface area contributed by atoms with Crippen LogP contribution in [0, 0.1) is 0 Å². The smallest absolute Gasteiger partial charge is 0.0886 e. The van der Waals surface area contributed by atoms with Crippen LogP contribution in [-0.2, 0) is 6.42 Å². The van der Waals surface area contributed by atoms with Gasteiger partial charge in [0.1, 0.15) is 0 Å². The van der Waals surface area contributed by atoms with Gasteiger partial charge >= 0.3 is 0 Å². The number of hydrogen-bond acceptors (Lipinski definition) is 2. The van der Waals surface area contributed by atoms with E-state index in [1.54, 1.807) is 0 Å². The fourth-order valence-corrected chi connectivity index (χ4v) is 4.62. The van der Waals surface area contributed by atoms with Gasteiger partial charge in [-0.1, -0.05) is 67.4 Å². The maximum absolute atomic E-state index is 2.74. The molecular weight excluding hydrogens is 316 g/mol. The van der Waals surface area contributed by atoms with Crippen LogP contribution in [0.3, 0.4) is 0 Å². The standard InChI is InChI=1S/C24H32N2/c1-4-10-21(11-5-1)20-22-12-14-23(15-13-22)24(25-16-6-2-7-17-25)26-18-8-3-9-19-26/h1,4-5,10-15,24H,2-3,6-9,16-20H2. The van der Waals surface area contributed by atoms with Crippen LogP contribution in [0.25, 0.3) is 0 Å². The monoisotopic (exact) mass is 348 g/mol. The van der Waals surface area contributed by atoms with Gasteiger partial charge in [-0.05, 0) is 75.0 Å². The molecule has 0 bridgehead atoms. The number of piperidine rings is 2. The van der Waals surface area contributed by atoms with Crippen molar-refractivity contribution >= 4 is 0 Å². The Kier molecular flexibility index (Phi) is 6.03. The average Bonchev–Trinajstić information content (AvgIpc) is 2.72. The Bertz CT molecular complexity index is 634. The molecule has 4 rings (SSSR count). The Hall–Kier alpha value is -1.64. The highest BCUT2D eigenvalue weighted by atomic mass is 15.4. The summed E-state index contributed by atoms with van der Waals surface area (Å²) in [4.78, 5) is 5.47. The molecule has 26 heavy (non-hydrogen) atoms. The van der Waals surface area contributed by atoms with Crippen molar-refractivity contribution < 1.29 is 0 Å². The summed E-state index contributed by atoms with van der Waals surface area (Å²) in [5, 5.41) is 0. The van der Waals surface area contributed by atoms with E-state index in [0.29, 0.717) is 6.17 Å². The van der Waals surface area contributed by atoms with Gasteiger partial charge in [-0.25, -0.2) is 0 Å². The molecule has 0 aromatic heterocycles. The maximum Gasteiger partial charge on any atom is 0.0886 e. The Balaban J connectivity index is 1.52. The van der Waals surface area contributed by atoms with Crippen LogP contribution in [0.1, 0.15) is 61.4 Å². The minimum Gasteiger partial charge on any atom is -0.284 e. The van der Waals surface area contributed by atoms with E-state index in [2.05, 4.69) is 64.4 Å². The number of likely N-dealkylation sites (tertiary alicyclic amines) is 2. The number of nitrogens with zero attached hydrogens (tertiary/aromatic N) is 2. The predicted octanol–water partition coefficient (Wildman–Crippen LogP) is 5.25. The molecule has 2 aliphatic rings. The van der Waals surface area contributed by atoms with Crippen LogP contribution in [0.4, 0.5) is 0 Å². The highest BCUT2D eigenvalue weighted by molar-refractivity contribution is 5.30. The molecule has 2 heterocycles. The molecule has 0 aliphatic carbocycles. The normalized spacial score (nSPS) is 19.7. The van der Waals surface area contributed by atoms with Crippen molar-refractivity contribution in [3.05, 3.63) is 71.3 Å². The molecule has 138 valence electrons. The summed E-state index contributed by atoms with van der Waals surface area (Å²) in [5.74, 6) is 0. The first-order valence-electron chi connectivity index (χ1n) is 10.5. The van der Waals surface area contributed by atoms with Gasteiger partial charge in [0.25, 0.3) is 0 Å². The van der Waals surface area contributed by atoms with Gasteiger partial charge in [0.15, 0.2) is 0 Å². The zero-order valence-electron chi connectivity index (χ0n) is 15.9. The molecule has 2 saturated heterocycles. The van der Waals surface area contributed by atoms with Gasteiger partial charge in [0.05, 0.1) is 6.17 Å². The van der Waals surface area contributed by atoms with Crippen molar-refractivity contribution in [2.45, 2.75) is 51.1 Å². The van der Waals surface area contributed by atoms with E-state index in [9.17, 15) is 0 Å². The molecule has 0 spiro atoms. The molecular formula is C24H32N2. The number of benzene rings is 2. The minimum atomic E-state index is 0.487. The number of rotatable bonds is 5. The summed E-state index contributed by atoms with van der Waals surface area (Å²) in [7, 11) is 0. The molecule has 2 aromatic rings. The zero-order chi connectivity index (χ0) is 17.6. The second kappa shape index (κ2) is 8.83. The van der Waals surface area contributed by atoms with Crippen LogP contribution in [-0.4, -0.2) is 36.0 Å². The summed E-state index contributed by atoms with van der Waals surface area (Å²) in [6, 6.07) is 20.3. The third-order valence-corrected chi connectivity index (χ3v) is 6.00. The molecule has 0 unspecified atom stereocenters. The molecule has 0 radical (unpaired) electrons. The van der Waals surface area contributed by atoms with Crippen LogP contribution < -0.4 is 0 Å². The summed E-state index contributed by atoms with van der Waals surface area (Å²) in [6.07, 6.45) is 9.75. The zero-order valence-corrected chi connectivity index (χ0v) is 15.9. The SMILES string of the molecule is c1ccc(Cc2ccc(C(N3CCCCC3)N3CCCCC3)cc2)cc1. The molecule has 2 aromatic carbocycles. The van der Waals surface area contributed by atoms with Gasteiger partial charge in [-0.2, -0.15) is 0 Å². The van der Waals surface area contributed by atoms with Gasteiger partial charge < -0.3 is 0 Å². The Morgan fingerprint density at radius 1 is 0.577 bits per heavy atom. The van der Waals surface area contributed by atoms with E-state index in [1.165, 1.54) is 81.4 Å². The third kappa shape index (κ3) is 4.36. The molecule has 0 saturated carbocycles. The van der Waals surface area contributed by atoms with Crippen molar-refractivity contribution in [2.75, 3.05) is 26.2 Å². The van der Waals surface area contributed by atoms with Crippen LogP contribution in [0.2, 0.25) is 0 Å². The first-order chi connectivity index (χ1) is 12.9. The van der Waals surface area contributed by atoms with E-state index in [-0.39, 0.29) is 0 Å². The van der Waals surface area contributed by atoms with Gasteiger partial charge in [0.2, 0.25) is 0 Å². The number of hydrogen-bond donors (Lipinski definition) is 0. The molecule has 2 fully saturated rings. The molecule has 0 N–H and O–H groups in total. The maximum atomic E-state index is 2.74. The quantitative estimate of drug-likeness (QED) is 0.728. The first-order valence-corrected chi connectivity index (χ1v) is 10.5. The van der Waals surface area contributed by atoms with Gasteiger partial charge in [-0.15, -0.1) is 0 Å². The van der Waals surface area contributed by atoms with Crippen molar-refractivity contribution in [1.29, 1.82) is 0 Å². The highest BCUT2D eigenvalue weighted by Crippen LogP contribution is 2.31. The van der Waals surface area contributed by atoms with E-state index >= 15 is 0 Å². The van der Waals surface area contributed by atoms with Crippen molar-refractivity contribution in [1.82, 2.24) is 9.80 Å². The minimum absolute atomic E-state index is 0.487. The molecule has 0 atom stereocenters. The van der Waals surface area contributed by atoms with E-state index < -0.39 is 0 Å². The second-order valence-electron chi connectivity index (χ2n) is 7.97. The molecule has 2 heteroatoms. The van der Waals surface area contributed by atoms with Crippen LogP contribution in [0.15, 0.2) is 54.6 Å². The topological polar surface area (TPSA) is 6.48 Å². The molecule has 2 aliphatic heterocycles. The summed E-state index contributed by atoms with van der Waals surface area (Å²) >= 11 is 0. The predicted molar refractivity (Wildman–Crippen MR) is 109 cm³/mol. The van der Waals surface area contributed by atoms with Crippen LogP contribution >= 0.6 is 0 Å². The lowest BCUT2D eigenvalue weighted by Gasteiger charge is -2.43. The lowest BCUT2D eigenvalue weighted by Crippen LogP contribution is -2.45. The largest absolute Gasteiger partial charge is 0.284 e. The van der Waals surface area contributed by atoms with Crippen molar-refractivity contribution in [3.63, 3.8) is 0 Å². The Morgan fingerprint density at radius 3 is 1.62 bits per heavy atom. The summed E-state index contributed by atoms with van der Waals surface area (Å²) < 4.78 is 0. The average molecular weight is 349 g/mol. The summed E-state index contributed by atoms with van der Waals surface area (Å²) in [5.41, 5.74) is 4.30. The lowest BCUT2D eigenvalue weighted by molar-refractivity contribution is 0.0156. The molecule has 2 nitrogen and oxygen atoms in total.